The zero-order valence-electron chi connectivity index (χ0n) is 21.8. The topological polar surface area (TPSA) is 86.2 Å². The lowest BCUT2D eigenvalue weighted by atomic mass is 9.89. The summed E-state index contributed by atoms with van der Waals surface area (Å²) in [6, 6.07) is 3.09. The SMILES string of the molecule is C[C@H]1CN(OC(=O)C2CCN(C3CCCC3)C2)CC1c1ccc(C(F)(F)F)nc1N1CCC(C(=O)O)CC1. The molecule has 4 aliphatic rings. The molecule has 0 bridgehead atoms. The van der Waals surface area contributed by atoms with Gasteiger partial charge < -0.3 is 14.8 Å². The van der Waals surface area contributed by atoms with Crippen LogP contribution in [0.3, 0.4) is 0 Å². The number of hydrogen-bond donors (Lipinski definition) is 1. The molecule has 4 fully saturated rings. The highest BCUT2D eigenvalue weighted by Crippen LogP contribution is 2.40. The van der Waals surface area contributed by atoms with Gasteiger partial charge in [0.1, 0.15) is 11.5 Å². The Labute approximate surface area is 221 Å². The number of aromatic nitrogens is 1. The first-order valence-electron chi connectivity index (χ1n) is 13.9. The average Bonchev–Trinajstić information content (AvgIpc) is 3.64. The summed E-state index contributed by atoms with van der Waals surface area (Å²) in [5, 5.41) is 11.0. The minimum absolute atomic E-state index is 0.0372. The number of alkyl halides is 3. The summed E-state index contributed by atoms with van der Waals surface area (Å²) in [4.78, 5) is 38.4. The maximum absolute atomic E-state index is 13.5. The Bertz CT molecular complexity index is 1020. The van der Waals surface area contributed by atoms with E-state index in [0.717, 1.165) is 25.6 Å². The second kappa shape index (κ2) is 11.0. The van der Waals surface area contributed by atoms with Crippen LogP contribution >= 0.6 is 0 Å². The van der Waals surface area contributed by atoms with Gasteiger partial charge in [0, 0.05) is 44.7 Å². The third-order valence-electron chi connectivity index (χ3n) is 8.93. The van der Waals surface area contributed by atoms with Gasteiger partial charge in [-0.15, -0.1) is 5.06 Å². The third-order valence-corrected chi connectivity index (χ3v) is 8.93. The summed E-state index contributed by atoms with van der Waals surface area (Å²) in [7, 11) is 0. The maximum Gasteiger partial charge on any atom is 0.433 e. The van der Waals surface area contributed by atoms with Gasteiger partial charge in [0.15, 0.2) is 0 Å². The molecular formula is C27H37F3N4O4. The molecule has 0 aromatic carbocycles. The molecule has 2 unspecified atom stereocenters. The quantitative estimate of drug-likeness (QED) is 0.578. The van der Waals surface area contributed by atoms with Crippen molar-refractivity contribution in [3.8, 4) is 0 Å². The molecular weight excluding hydrogens is 501 g/mol. The van der Waals surface area contributed by atoms with Crippen molar-refractivity contribution in [1.29, 1.82) is 0 Å². The smallest absolute Gasteiger partial charge is 0.433 e. The average molecular weight is 539 g/mol. The van der Waals surface area contributed by atoms with Gasteiger partial charge in [0.05, 0.1) is 11.8 Å². The maximum atomic E-state index is 13.5. The van der Waals surface area contributed by atoms with Crippen molar-refractivity contribution in [3.05, 3.63) is 23.4 Å². The van der Waals surface area contributed by atoms with Crippen molar-refractivity contribution < 1.29 is 32.7 Å². The summed E-state index contributed by atoms with van der Waals surface area (Å²) in [5.74, 6) is -1.61. The number of carbonyl (C=O) groups excluding carboxylic acids is 1. The van der Waals surface area contributed by atoms with Gasteiger partial charge in [-0.1, -0.05) is 25.8 Å². The molecule has 0 spiro atoms. The number of aliphatic carboxylic acids is 1. The van der Waals surface area contributed by atoms with Gasteiger partial charge >= 0.3 is 18.1 Å². The standard InChI is InChI=1S/C27H37F3N4O4/c1-17-14-34(38-26(37)19-10-13-33(15-19)20-4-2-3-5-20)16-22(17)21-6-7-23(27(28,29)30)31-24(21)32-11-8-18(9-12-32)25(35)36/h6-7,17-20,22H,2-5,8-16H2,1H3,(H,35,36)/t17-,19?,22?/m0/s1. The fourth-order valence-electron chi connectivity index (χ4n) is 6.68. The predicted molar refractivity (Wildman–Crippen MR) is 133 cm³/mol. The second-order valence-corrected chi connectivity index (χ2v) is 11.5. The van der Waals surface area contributed by atoms with E-state index < -0.39 is 23.8 Å². The zero-order valence-corrected chi connectivity index (χ0v) is 21.8. The number of hydrogen-bond acceptors (Lipinski definition) is 7. The largest absolute Gasteiger partial charge is 0.481 e. The van der Waals surface area contributed by atoms with Gasteiger partial charge in [-0.2, -0.15) is 13.2 Å². The van der Waals surface area contributed by atoms with E-state index in [2.05, 4.69) is 9.88 Å². The van der Waals surface area contributed by atoms with Crippen LogP contribution in [0.25, 0.3) is 0 Å². The van der Waals surface area contributed by atoms with E-state index in [-0.39, 0.29) is 29.5 Å². The van der Waals surface area contributed by atoms with E-state index in [1.54, 1.807) is 9.96 Å². The molecule has 8 nitrogen and oxygen atoms in total. The first kappa shape index (κ1) is 27.2. The highest BCUT2D eigenvalue weighted by molar-refractivity contribution is 5.73. The van der Waals surface area contributed by atoms with E-state index >= 15 is 0 Å². The molecule has 4 heterocycles. The number of carboxylic acids is 1. The van der Waals surface area contributed by atoms with Crippen molar-refractivity contribution in [3.63, 3.8) is 0 Å². The second-order valence-electron chi connectivity index (χ2n) is 11.5. The van der Waals surface area contributed by atoms with Crippen molar-refractivity contribution in [2.75, 3.05) is 44.2 Å². The minimum Gasteiger partial charge on any atom is -0.481 e. The lowest BCUT2D eigenvalue weighted by Crippen LogP contribution is -2.38. The van der Waals surface area contributed by atoms with Crippen LogP contribution in [0, 0.1) is 17.8 Å². The molecule has 3 aliphatic heterocycles. The van der Waals surface area contributed by atoms with Gasteiger partial charge in [0.25, 0.3) is 0 Å². The van der Waals surface area contributed by atoms with Crippen molar-refractivity contribution in [2.24, 2.45) is 17.8 Å². The Kier molecular flexibility index (Phi) is 7.86. The van der Waals surface area contributed by atoms with Crippen LogP contribution in [0.15, 0.2) is 12.1 Å². The van der Waals surface area contributed by atoms with Crippen LogP contribution in [0.5, 0.6) is 0 Å². The Morgan fingerprint density at radius 3 is 2.32 bits per heavy atom. The Morgan fingerprint density at radius 2 is 1.66 bits per heavy atom. The molecule has 38 heavy (non-hydrogen) atoms. The molecule has 3 saturated heterocycles. The number of carbonyl (C=O) groups is 2. The third kappa shape index (κ3) is 5.78. The van der Waals surface area contributed by atoms with Crippen LogP contribution in [-0.4, -0.2) is 77.3 Å². The van der Waals surface area contributed by atoms with Gasteiger partial charge in [-0.3, -0.25) is 14.5 Å². The number of rotatable bonds is 6. The number of likely N-dealkylation sites (tertiary alicyclic amines) is 1. The van der Waals surface area contributed by atoms with Crippen LogP contribution in [0.2, 0.25) is 0 Å². The highest BCUT2D eigenvalue weighted by Gasteiger charge is 2.41. The molecule has 0 radical (unpaired) electrons. The van der Waals surface area contributed by atoms with Crippen molar-refractivity contribution in [1.82, 2.24) is 14.9 Å². The molecule has 1 saturated carbocycles. The summed E-state index contributed by atoms with van der Waals surface area (Å²) < 4.78 is 40.6. The molecule has 5 rings (SSSR count). The van der Waals surface area contributed by atoms with Crippen LogP contribution in [0.4, 0.5) is 19.0 Å². The fraction of sp³-hybridized carbons (Fsp3) is 0.741. The minimum atomic E-state index is -4.58. The number of anilines is 1. The van der Waals surface area contributed by atoms with Crippen LogP contribution in [0.1, 0.15) is 69.0 Å². The number of pyridine rings is 1. The highest BCUT2D eigenvalue weighted by atomic mass is 19.4. The van der Waals surface area contributed by atoms with E-state index in [9.17, 15) is 27.9 Å². The number of hydroxylamine groups is 2. The van der Waals surface area contributed by atoms with E-state index in [4.69, 9.17) is 4.84 Å². The molecule has 1 aromatic rings. The monoisotopic (exact) mass is 538 g/mol. The molecule has 3 atom stereocenters. The summed E-state index contributed by atoms with van der Waals surface area (Å²) in [5.41, 5.74) is -0.273. The number of halogens is 3. The van der Waals surface area contributed by atoms with Crippen molar-refractivity contribution >= 4 is 17.8 Å². The summed E-state index contributed by atoms with van der Waals surface area (Å²) >= 11 is 0. The summed E-state index contributed by atoms with van der Waals surface area (Å²) in [6.07, 6.45) is 1.83. The molecule has 11 heteroatoms. The van der Waals surface area contributed by atoms with E-state index in [1.807, 2.05) is 6.92 Å². The lowest BCUT2D eigenvalue weighted by Gasteiger charge is -2.34. The molecule has 210 valence electrons. The number of nitrogens with zero attached hydrogens (tertiary/aromatic N) is 4. The van der Waals surface area contributed by atoms with Gasteiger partial charge in [-0.25, -0.2) is 4.98 Å². The lowest BCUT2D eigenvalue weighted by molar-refractivity contribution is -0.190. The normalized spacial score (nSPS) is 28.3. The van der Waals surface area contributed by atoms with E-state index in [1.165, 1.54) is 31.7 Å². The predicted octanol–water partition coefficient (Wildman–Crippen LogP) is 4.16. The first-order chi connectivity index (χ1) is 18.1. The molecule has 1 N–H and O–H groups in total. The summed E-state index contributed by atoms with van der Waals surface area (Å²) in [6.45, 7) is 5.20. The van der Waals surface area contributed by atoms with Gasteiger partial charge in [0.2, 0.25) is 0 Å². The molecule has 1 aliphatic carbocycles. The fourth-order valence-corrected chi connectivity index (χ4v) is 6.68. The number of carboxylic acid groups (broad SMARTS) is 1. The van der Waals surface area contributed by atoms with E-state index in [0.29, 0.717) is 50.6 Å². The molecule has 0 amide bonds. The zero-order chi connectivity index (χ0) is 27.0. The Morgan fingerprint density at radius 1 is 0.974 bits per heavy atom. The first-order valence-corrected chi connectivity index (χ1v) is 13.9. The molecule has 1 aromatic heterocycles. The number of piperidine rings is 1. The van der Waals surface area contributed by atoms with Crippen molar-refractivity contribution in [2.45, 2.75) is 70.0 Å². The Hall–Kier alpha value is -2.40. The Balaban J connectivity index is 1.27. The van der Waals surface area contributed by atoms with Gasteiger partial charge in [-0.05, 0) is 56.2 Å². The van der Waals surface area contributed by atoms with Crippen LogP contribution in [-0.2, 0) is 20.6 Å². The van der Waals surface area contributed by atoms with Crippen LogP contribution < -0.4 is 4.90 Å².